The van der Waals surface area contributed by atoms with E-state index in [0.29, 0.717) is 22.9 Å². The second-order valence-corrected chi connectivity index (χ2v) is 6.51. The summed E-state index contributed by atoms with van der Waals surface area (Å²) in [6.07, 6.45) is 5.16. The zero-order valence-corrected chi connectivity index (χ0v) is 12.9. The number of carbonyl (C=O) groups excluding carboxylic acids is 1. The van der Waals surface area contributed by atoms with Gasteiger partial charge in [-0.3, -0.25) is 4.79 Å². The van der Waals surface area contributed by atoms with Gasteiger partial charge in [0.15, 0.2) is 0 Å². The number of thiophene rings is 1. The van der Waals surface area contributed by atoms with Crippen LogP contribution >= 0.6 is 23.1 Å². The van der Waals surface area contributed by atoms with Gasteiger partial charge >= 0.3 is 0 Å². The number of carbonyl (C=O) groups is 1. The van der Waals surface area contributed by atoms with E-state index in [0.717, 1.165) is 21.4 Å². The molecule has 5 heteroatoms. The average molecular weight is 304 g/mol. The first-order chi connectivity index (χ1) is 9.63. The van der Waals surface area contributed by atoms with Crippen molar-refractivity contribution in [1.29, 1.82) is 0 Å². The molecule has 20 heavy (non-hydrogen) atoms. The van der Waals surface area contributed by atoms with E-state index in [1.54, 1.807) is 11.8 Å². The molecular formula is C15H16N2OS2. The molecule has 3 N–H and O–H groups in total. The number of aryl methyl sites for hydroxylation is 1. The fourth-order valence-corrected chi connectivity index (χ4v) is 3.49. The third-order valence-corrected chi connectivity index (χ3v) is 4.84. The molecule has 0 spiro atoms. The van der Waals surface area contributed by atoms with Crippen molar-refractivity contribution in [2.24, 2.45) is 0 Å². The maximum atomic E-state index is 12.1. The summed E-state index contributed by atoms with van der Waals surface area (Å²) in [6.45, 7) is 2.62. The van der Waals surface area contributed by atoms with Gasteiger partial charge in [0.2, 0.25) is 0 Å². The van der Waals surface area contributed by atoms with Crippen molar-refractivity contribution in [3.05, 3.63) is 28.6 Å². The summed E-state index contributed by atoms with van der Waals surface area (Å²) in [5, 5.41) is 3.83. The molecule has 0 saturated heterocycles. The first kappa shape index (κ1) is 14.8. The van der Waals surface area contributed by atoms with Gasteiger partial charge in [-0.2, -0.15) is 0 Å². The molecule has 0 atom stereocenters. The van der Waals surface area contributed by atoms with E-state index in [2.05, 4.69) is 17.3 Å². The van der Waals surface area contributed by atoms with Crippen LogP contribution in [0.15, 0.2) is 18.2 Å². The topological polar surface area (TPSA) is 55.1 Å². The normalized spacial score (nSPS) is 10.4. The van der Waals surface area contributed by atoms with Crippen LogP contribution in [0.5, 0.6) is 0 Å². The molecular weight excluding hydrogens is 288 g/mol. The number of rotatable bonds is 5. The molecule has 1 heterocycles. The Morgan fingerprint density at radius 2 is 2.35 bits per heavy atom. The molecule has 0 aliphatic rings. The number of amides is 1. The summed E-state index contributed by atoms with van der Waals surface area (Å²) in [7, 11) is 0. The SMILES string of the molecule is C#CCSCCNC(=O)c1sc2cc(C)ccc2c1N. The van der Waals surface area contributed by atoms with Crippen molar-refractivity contribution < 1.29 is 4.79 Å². The molecule has 0 bridgehead atoms. The molecule has 0 unspecified atom stereocenters. The van der Waals surface area contributed by atoms with Crippen LogP contribution in [-0.4, -0.2) is 24.0 Å². The lowest BCUT2D eigenvalue weighted by molar-refractivity contribution is 0.0961. The summed E-state index contributed by atoms with van der Waals surface area (Å²) < 4.78 is 1.05. The number of thioether (sulfide) groups is 1. The molecule has 2 rings (SSSR count). The van der Waals surface area contributed by atoms with Crippen LogP contribution < -0.4 is 11.1 Å². The van der Waals surface area contributed by atoms with Crippen molar-refractivity contribution in [2.45, 2.75) is 6.92 Å². The zero-order chi connectivity index (χ0) is 14.5. The number of benzene rings is 1. The summed E-state index contributed by atoms with van der Waals surface area (Å²) in [5.41, 5.74) is 7.79. The van der Waals surface area contributed by atoms with Crippen LogP contribution in [0.4, 0.5) is 5.69 Å². The van der Waals surface area contributed by atoms with Crippen molar-refractivity contribution in [3.63, 3.8) is 0 Å². The Kier molecular flexibility index (Phi) is 4.94. The lowest BCUT2D eigenvalue weighted by Crippen LogP contribution is -2.25. The van der Waals surface area contributed by atoms with E-state index in [4.69, 9.17) is 12.2 Å². The van der Waals surface area contributed by atoms with E-state index in [1.807, 2.05) is 19.1 Å². The van der Waals surface area contributed by atoms with Crippen LogP contribution in [0.2, 0.25) is 0 Å². The van der Waals surface area contributed by atoms with Gasteiger partial charge in [0, 0.05) is 22.4 Å². The molecule has 0 radical (unpaired) electrons. The van der Waals surface area contributed by atoms with Gasteiger partial charge in [-0.25, -0.2) is 0 Å². The Bertz CT molecular complexity index is 670. The lowest BCUT2D eigenvalue weighted by Gasteiger charge is -2.03. The highest BCUT2D eigenvalue weighted by molar-refractivity contribution is 7.99. The molecule has 1 aromatic heterocycles. The molecule has 104 valence electrons. The van der Waals surface area contributed by atoms with Crippen molar-refractivity contribution in [1.82, 2.24) is 5.32 Å². The highest BCUT2D eigenvalue weighted by Gasteiger charge is 2.15. The maximum absolute atomic E-state index is 12.1. The summed E-state index contributed by atoms with van der Waals surface area (Å²) in [5.74, 6) is 3.92. The van der Waals surface area contributed by atoms with Gasteiger partial charge < -0.3 is 11.1 Å². The minimum absolute atomic E-state index is 0.109. The van der Waals surface area contributed by atoms with E-state index in [9.17, 15) is 4.79 Å². The molecule has 0 saturated carbocycles. The van der Waals surface area contributed by atoms with Gasteiger partial charge in [-0.15, -0.1) is 29.5 Å². The first-order valence-corrected chi connectivity index (χ1v) is 8.18. The van der Waals surface area contributed by atoms with Gasteiger partial charge in [0.25, 0.3) is 5.91 Å². The maximum Gasteiger partial charge on any atom is 0.263 e. The van der Waals surface area contributed by atoms with E-state index < -0.39 is 0 Å². The highest BCUT2D eigenvalue weighted by atomic mass is 32.2. The van der Waals surface area contributed by atoms with E-state index >= 15 is 0 Å². The minimum atomic E-state index is -0.109. The van der Waals surface area contributed by atoms with Crippen LogP contribution in [-0.2, 0) is 0 Å². The number of nitrogen functional groups attached to an aromatic ring is 1. The van der Waals surface area contributed by atoms with Crippen molar-refractivity contribution >= 4 is 44.8 Å². The Morgan fingerprint density at radius 1 is 1.55 bits per heavy atom. The highest BCUT2D eigenvalue weighted by Crippen LogP contribution is 2.34. The number of hydrogen-bond donors (Lipinski definition) is 2. The summed E-state index contributed by atoms with van der Waals surface area (Å²) in [4.78, 5) is 12.7. The van der Waals surface area contributed by atoms with E-state index in [1.165, 1.54) is 11.3 Å². The molecule has 1 amide bonds. The van der Waals surface area contributed by atoms with Crippen molar-refractivity contribution in [3.8, 4) is 12.3 Å². The lowest BCUT2D eigenvalue weighted by atomic mass is 10.1. The van der Waals surface area contributed by atoms with Crippen LogP contribution in [0, 0.1) is 19.3 Å². The standard InChI is InChI=1S/C15H16N2OS2/c1-3-7-19-8-6-17-15(18)14-13(16)11-5-4-10(2)9-12(11)20-14/h1,4-5,9H,6-8,16H2,2H3,(H,17,18). The number of nitrogens with one attached hydrogen (secondary N) is 1. The fraction of sp³-hybridized carbons (Fsp3) is 0.267. The smallest absolute Gasteiger partial charge is 0.263 e. The van der Waals surface area contributed by atoms with Gasteiger partial charge in [-0.1, -0.05) is 18.1 Å². The van der Waals surface area contributed by atoms with Crippen LogP contribution in [0.1, 0.15) is 15.2 Å². The number of fused-ring (bicyclic) bond motifs is 1. The molecule has 0 aliphatic carbocycles. The Hall–Kier alpha value is -1.64. The average Bonchev–Trinajstić information content (AvgIpc) is 2.75. The van der Waals surface area contributed by atoms with Crippen molar-refractivity contribution in [2.75, 3.05) is 23.8 Å². The number of terminal acetylenes is 1. The van der Waals surface area contributed by atoms with Crippen LogP contribution in [0.3, 0.4) is 0 Å². The van der Waals surface area contributed by atoms with Gasteiger partial charge in [-0.05, 0) is 18.6 Å². The summed E-state index contributed by atoms with van der Waals surface area (Å²) in [6, 6.07) is 6.02. The minimum Gasteiger partial charge on any atom is -0.397 e. The largest absolute Gasteiger partial charge is 0.397 e. The van der Waals surface area contributed by atoms with Crippen LogP contribution in [0.25, 0.3) is 10.1 Å². The molecule has 0 aliphatic heterocycles. The Labute approximate surface area is 126 Å². The molecule has 0 fully saturated rings. The predicted molar refractivity (Wildman–Crippen MR) is 89.5 cm³/mol. The van der Waals surface area contributed by atoms with Gasteiger partial charge in [0.1, 0.15) is 4.88 Å². The quantitative estimate of drug-likeness (QED) is 0.659. The molecule has 2 aromatic rings. The fourth-order valence-electron chi connectivity index (χ4n) is 1.84. The third-order valence-electron chi connectivity index (χ3n) is 2.81. The predicted octanol–water partition coefficient (Wildman–Crippen LogP) is 2.89. The Morgan fingerprint density at radius 3 is 3.10 bits per heavy atom. The number of nitrogens with two attached hydrogens (primary N) is 1. The molecule has 1 aromatic carbocycles. The Balaban J connectivity index is 2.07. The number of anilines is 1. The summed E-state index contributed by atoms with van der Waals surface area (Å²) >= 11 is 3.06. The third kappa shape index (κ3) is 3.27. The van der Waals surface area contributed by atoms with E-state index in [-0.39, 0.29) is 5.91 Å². The zero-order valence-electron chi connectivity index (χ0n) is 11.2. The second kappa shape index (κ2) is 6.69. The second-order valence-electron chi connectivity index (χ2n) is 4.36. The van der Waals surface area contributed by atoms with Gasteiger partial charge in [0.05, 0.1) is 11.4 Å². The monoisotopic (exact) mass is 304 g/mol. The first-order valence-electron chi connectivity index (χ1n) is 6.21. The number of hydrogen-bond acceptors (Lipinski definition) is 4. The molecule has 3 nitrogen and oxygen atoms in total.